The highest BCUT2D eigenvalue weighted by Gasteiger charge is 2.41. The number of hydrogen-bond acceptors (Lipinski definition) is 4. The molecule has 2 atom stereocenters. The number of likely N-dealkylation sites (N-methyl/N-ethyl adjacent to an activating group) is 2. The van der Waals surface area contributed by atoms with Crippen molar-refractivity contribution in [3.05, 3.63) is 35.4 Å². The van der Waals surface area contributed by atoms with Gasteiger partial charge in [-0.05, 0) is 45.5 Å². The third kappa shape index (κ3) is 6.05. The number of carbonyl (C=O) groups is 3. The summed E-state index contributed by atoms with van der Waals surface area (Å²) in [5.41, 5.74) is 2.23. The van der Waals surface area contributed by atoms with E-state index in [-0.39, 0.29) is 30.2 Å². The second kappa shape index (κ2) is 11.4. The van der Waals surface area contributed by atoms with E-state index in [0.717, 1.165) is 17.7 Å². The molecule has 1 heterocycles. The lowest BCUT2D eigenvalue weighted by Crippen LogP contribution is -2.49. The van der Waals surface area contributed by atoms with Crippen LogP contribution in [0.15, 0.2) is 24.3 Å². The van der Waals surface area contributed by atoms with Gasteiger partial charge in [0.2, 0.25) is 11.8 Å². The minimum absolute atomic E-state index is 0.140. The molecular weight excluding hydrogens is 358 g/mol. The lowest BCUT2D eigenvalue weighted by Gasteiger charge is -2.42. The normalized spacial score (nSPS) is 19.1. The van der Waals surface area contributed by atoms with Gasteiger partial charge in [0.15, 0.2) is 0 Å². The van der Waals surface area contributed by atoms with Crippen LogP contribution in [0.4, 0.5) is 0 Å². The van der Waals surface area contributed by atoms with Crippen LogP contribution in [0.2, 0.25) is 0 Å². The zero-order valence-electron chi connectivity index (χ0n) is 17.6. The molecule has 1 aliphatic rings. The molecule has 7 heteroatoms. The van der Waals surface area contributed by atoms with Crippen LogP contribution >= 0.6 is 0 Å². The van der Waals surface area contributed by atoms with Crippen LogP contribution in [0.1, 0.15) is 36.9 Å². The summed E-state index contributed by atoms with van der Waals surface area (Å²) < 4.78 is 0. The van der Waals surface area contributed by atoms with E-state index in [1.54, 1.807) is 0 Å². The van der Waals surface area contributed by atoms with Gasteiger partial charge in [0.1, 0.15) is 0 Å². The van der Waals surface area contributed by atoms with Gasteiger partial charge in [-0.1, -0.05) is 24.3 Å². The number of hydrogen-bond donors (Lipinski definition) is 1. The molecule has 0 bridgehead atoms. The number of aryl methyl sites for hydroxylation is 1. The molecule has 7 nitrogen and oxygen atoms in total. The zero-order chi connectivity index (χ0) is 21.3. The predicted molar refractivity (Wildman–Crippen MR) is 109 cm³/mol. The van der Waals surface area contributed by atoms with Crippen LogP contribution in [-0.2, 0) is 14.4 Å². The highest BCUT2D eigenvalue weighted by atomic mass is 16.3. The lowest BCUT2D eigenvalue weighted by molar-refractivity contribution is -0.147. The Bertz CT molecular complexity index is 663. The number of benzene rings is 1. The quantitative estimate of drug-likeness (QED) is 0.751. The first-order valence-electron chi connectivity index (χ1n) is 9.60. The van der Waals surface area contributed by atoms with E-state index in [0.29, 0.717) is 25.9 Å². The van der Waals surface area contributed by atoms with Crippen molar-refractivity contribution in [1.82, 2.24) is 14.7 Å². The molecule has 0 aliphatic carbocycles. The van der Waals surface area contributed by atoms with Crippen molar-refractivity contribution in [1.29, 1.82) is 0 Å². The van der Waals surface area contributed by atoms with Gasteiger partial charge in [-0.25, -0.2) is 0 Å². The molecule has 156 valence electrons. The Labute approximate surface area is 167 Å². The second-order valence-corrected chi connectivity index (χ2v) is 7.29. The first-order chi connectivity index (χ1) is 13.3. The Balaban J connectivity index is 0.00000122. The fourth-order valence-electron chi connectivity index (χ4n) is 3.63. The molecule has 1 saturated heterocycles. The molecule has 1 aliphatic heterocycles. The monoisotopic (exact) mass is 391 g/mol. The van der Waals surface area contributed by atoms with Gasteiger partial charge < -0.3 is 19.8 Å². The van der Waals surface area contributed by atoms with Gasteiger partial charge in [-0.15, -0.1) is 0 Å². The van der Waals surface area contributed by atoms with Crippen LogP contribution in [0.3, 0.4) is 0 Å². The number of carboxylic acid groups (broad SMARTS) is 1. The maximum atomic E-state index is 13.1. The molecule has 0 radical (unpaired) electrons. The summed E-state index contributed by atoms with van der Waals surface area (Å²) in [6, 6.07) is 7.94. The van der Waals surface area contributed by atoms with Crippen molar-refractivity contribution >= 4 is 18.3 Å². The zero-order valence-corrected chi connectivity index (χ0v) is 17.6. The van der Waals surface area contributed by atoms with Crippen LogP contribution in [0.25, 0.3) is 0 Å². The first kappa shape index (κ1) is 23.6. The van der Waals surface area contributed by atoms with Gasteiger partial charge >= 0.3 is 0 Å². The van der Waals surface area contributed by atoms with Gasteiger partial charge in [-0.2, -0.15) is 0 Å². The van der Waals surface area contributed by atoms with Crippen LogP contribution < -0.4 is 0 Å². The van der Waals surface area contributed by atoms with Crippen molar-refractivity contribution in [2.24, 2.45) is 5.92 Å². The number of nitrogens with zero attached hydrogens (tertiary/aromatic N) is 3. The van der Waals surface area contributed by atoms with E-state index in [9.17, 15) is 9.59 Å². The molecule has 0 unspecified atom stereocenters. The Morgan fingerprint density at radius 2 is 1.86 bits per heavy atom. The molecule has 1 aromatic carbocycles. The third-order valence-electron chi connectivity index (χ3n) is 5.13. The smallest absolute Gasteiger partial charge is 0.290 e. The van der Waals surface area contributed by atoms with Crippen molar-refractivity contribution in [3.8, 4) is 0 Å². The summed E-state index contributed by atoms with van der Waals surface area (Å²) in [5.74, 6) is 0.114. The molecular formula is C21H33N3O4. The third-order valence-corrected chi connectivity index (χ3v) is 5.13. The Morgan fingerprint density at radius 3 is 2.39 bits per heavy atom. The van der Waals surface area contributed by atoms with Gasteiger partial charge in [0.25, 0.3) is 6.47 Å². The largest absolute Gasteiger partial charge is 0.483 e. The number of carbonyl (C=O) groups excluding carboxylic acids is 2. The van der Waals surface area contributed by atoms with E-state index >= 15 is 0 Å². The highest BCUT2D eigenvalue weighted by molar-refractivity contribution is 5.85. The maximum Gasteiger partial charge on any atom is 0.290 e. The molecule has 2 rings (SSSR count). The van der Waals surface area contributed by atoms with E-state index < -0.39 is 0 Å². The van der Waals surface area contributed by atoms with Crippen molar-refractivity contribution < 1.29 is 19.5 Å². The average molecular weight is 392 g/mol. The number of amides is 2. The average Bonchev–Trinajstić information content (AvgIpc) is 2.66. The number of likely N-dealkylation sites (tertiary alicyclic amines) is 1. The van der Waals surface area contributed by atoms with Crippen molar-refractivity contribution in [2.45, 2.75) is 32.7 Å². The molecule has 1 aromatic rings. The molecule has 1 fully saturated rings. The second-order valence-electron chi connectivity index (χ2n) is 7.29. The highest BCUT2D eigenvalue weighted by Crippen LogP contribution is 2.38. The predicted octanol–water partition coefficient (Wildman–Crippen LogP) is 2.02. The number of piperidine rings is 1. The minimum Gasteiger partial charge on any atom is -0.483 e. The van der Waals surface area contributed by atoms with Crippen LogP contribution in [0, 0.1) is 12.8 Å². The minimum atomic E-state index is -0.250. The van der Waals surface area contributed by atoms with E-state index in [4.69, 9.17) is 9.90 Å². The van der Waals surface area contributed by atoms with E-state index in [1.807, 2.05) is 50.0 Å². The summed E-state index contributed by atoms with van der Waals surface area (Å²) in [7, 11) is 5.88. The van der Waals surface area contributed by atoms with Gasteiger partial charge in [-0.3, -0.25) is 14.4 Å². The summed E-state index contributed by atoms with van der Waals surface area (Å²) in [5, 5.41) is 6.89. The standard InChI is InChI=1S/C20H31N3O2.CH2O2/c1-6-23-18(24)12-11-17(20(25)22(5)14-13-21(3)4)19(23)16-10-8-7-9-15(16)2;2-1-3/h7-10,17,19H,6,11-14H2,1-5H3;1H,(H,2,3)/t17-,19+;/m1./s1. The topological polar surface area (TPSA) is 81.2 Å². The Hall–Kier alpha value is -2.41. The first-order valence-corrected chi connectivity index (χ1v) is 9.60. The van der Waals surface area contributed by atoms with E-state index in [2.05, 4.69) is 24.0 Å². The molecule has 2 amide bonds. The lowest BCUT2D eigenvalue weighted by atomic mass is 9.82. The van der Waals surface area contributed by atoms with Crippen LogP contribution in [0.5, 0.6) is 0 Å². The summed E-state index contributed by atoms with van der Waals surface area (Å²) in [4.78, 5) is 39.7. The van der Waals surface area contributed by atoms with Gasteiger partial charge in [0, 0.05) is 33.1 Å². The SMILES string of the molecule is CCN1C(=O)CC[C@@H](C(=O)N(C)CCN(C)C)[C@@H]1c1ccccc1C.O=CO. The Morgan fingerprint density at radius 1 is 1.25 bits per heavy atom. The summed E-state index contributed by atoms with van der Waals surface area (Å²) in [6.45, 7) is 5.96. The van der Waals surface area contributed by atoms with Gasteiger partial charge in [0.05, 0.1) is 12.0 Å². The molecule has 0 aromatic heterocycles. The van der Waals surface area contributed by atoms with Crippen LogP contribution in [-0.4, -0.2) is 78.9 Å². The van der Waals surface area contributed by atoms with Crippen molar-refractivity contribution in [2.75, 3.05) is 40.8 Å². The molecule has 0 spiro atoms. The maximum absolute atomic E-state index is 13.1. The number of rotatable bonds is 6. The molecule has 1 N–H and O–H groups in total. The summed E-state index contributed by atoms with van der Waals surface area (Å²) in [6.07, 6.45) is 1.08. The summed E-state index contributed by atoms with van der Waals surface area (Å²) >= 11 is 0. The Kier molecular flexibility index (Phi) is 9.65. The van der Waals surface area contributed by atoms with Crippen molar-refractivity contribution in [3.63, 3.8) is 0 Å². The van der Waals surface area contributed by atoms with E-state index in [1.165, 1.54) is 0 Å². The fourth-order valence-corrected chi connectivity index (χ4v) is 3.63. The fraction of sp³-hybridized carbons (Fsp3) is 0.571. The molecule has 28 heavy (non-hydrogen) atoms. The molecule has 0 saturated carbocycles.